The van der Waals surface area contributed by atoms with E-state index in [4.69, 9.17) is 9.47 Å². The first-order valence-corrected chi connectivity index (χ1v) is 16.9. The van der Waals surface area contributed by atoms with E-state index in [1.54, 1.807) is 12.1 Å². The fourth-order valence-electron chi connectivity index (χ4n) is 8.91. The van der Waals surface area contributed by atoms with Gasteiger partial charge in [0, 0.05) is 0 Å². The first-order chi connectivity index (χ1) is 19.6. The second-order valence-electron chi connectivity index (χ2n) is 13.8. The Balaban J connectivity index is 1.01. The summed E-state index contributed by atoms with van der Waals surface area (Å²) >= 11 is 0. The molecule has 224 valence electrons. The van der Waals surface area contributed by atoms with Gasteiger partial charge in [0.2, 0.25) is 5.82 Å². The summed E-state index contributed by atoms with van der Waals surface area (Å²) < 4.78 is 41.4. The highest BCUT2D eigenvalue weighted by atomic mass is 19.2. The molecule has 0 spiro atoms. The Kier molecular flexibility index (Phi) is 11.0. The highest BCUT2D eigenvalue weighted by molar-refractivity contribution is 5.33. The third kappa shape index (κ3) is 7.31. The quantitative estimate of drug-likeness (QED) is 0.267. The number of hydrogen-bond acceptors (Lipinski definition) is 2. The van der Waals surface area contributed by atoms with Crippen LogP contribution in [0.3, 0.4) is 0 Å². The minimum atomic E-state index is -0.811. The third-order valence-corrected chi connectivity index (χ3v) is 11.4. The molecule has 3 saturated carbocycles. The molecule has 0 N–H and O–H groups in total. The highest BCUT2D eigenvalue weighted by Gasteiger charge is 2.37. The lowest BCUT2D eigenvalue weighted by atomic mass is 9.67. The molecule has 4 aliphatic rings. The molecule has 0 aromatic heterocycles. The van der Waals surface area contributed by atoms with Gasteiger partial charge in [-0.1, -0.05) is 31.9 Å². The van der Waals surface area contributed by atoms with Gasteiger partial charge in [-0.2, -0.15) is 4.39 Å². The monoisotopic (exact) mass is 556 g/mol. The van der Waals surface area contributed by atoms with Crippen molar-refractivity contribution >= 4 is 0 Å². The number of halogens is 2. The van der Waals surface area contributed by atoms with E-state index in [2.05, 4.69) is 12.7 Å². The molecule has 3 aliphatic carbocycles. The average Bonchev–Trinajstić information content (AvgIpc) is 3.01. The molecule has 0 radical (unpaired) electrons. The van der Waals surface area contributed by atoms with Crippen molar-refractivity contribution in [2.45, 2.75) is 128 Å². The molecule has 5 rings (SSSR count). The molecule has 4 fully saturated rings. The maximum atomic E-state index is 14.9. The summed E-state index contributed by atoms with van der Waals surface area (Å²) in [5.74, 6) is 3.59. The Bertz CT molecular complexity index is 915. The topological polar surface area (TPSA) is 18.5 Å². The zero-order chi connectivity index (χ0) is 27.9. The summed E-state index contributed by atoms with van der Waals surface area (Å²) in [6.07, 6.45) is 23.7. The van der Waals surface area contributed by atoms with E-state index >= 15 is 0 Å². The van der Waals surface area contributed by atoms with E-state index in [0.29, 0.717) is 18.3 Å². The van der Waals surface area contributed by atoms with Crippen LogP contribution in [0.4, 0.5) is 8.78 Å². The van der Waals surface area contributed by atoms with Crippen molar-refractivity contribution in [2.75, 3.05) is 13.2 Å². The molecule has 4 heteroatoms. The van der Waals surface area contributed by atoms with Crippen LogP contribution in [0.1, 0.15) is 128 Å². The molecule has 1 aliphatic heterocycles. The molecule has 1 aromatic rings. The molecule has 0 amide bonds. The van der Waals surface area contributed by atoms with E-state index in [1.807, 2.05) is 6.92 Å². The van der Waals surface area contributed by atoms with Gasteiger partial charge in [-0.3, -0.25) is 0 Å². The predicted octanol–water partition coefficient (Wildman–Crippen LogP) is 10.4. The van der Waals surface area contributed by atoms with Gasteiger partial charge in [0.15, 0.2) is 11.6 Å². The van der Waals surface area contributed by atoms with Crippen LogP contribution >= 0.6 is 0 Å². The van der Waals surface area contributed by atoms with Crippen molar-refractivity contribution in [3.63, 3.8) is 0 Å². The molecule has 2 nitrogen and oxygen atoms in total. The average molecular weight is 557 g/mol. The maximum absolute atomic E-state index is 14.9. The van der Waals surface area contributed by atoms with Gasteiger partial charge in [0.1, 0.15) is 0 Å². The van der Waals surface area contributed by atoms with E-state index in [9.17, 15) is 8.78 Å². The third-order valence-electron chi connectivity index (χ3n) is 11.4. The van der Waals surface area contributed by atoms with Crippen molar-refractivity contribution in [1.82, 2.24) is 0 Å². The van der Waals surface area contributed by atoms with Crippen molar-refractivity contribution in [3.05, 3.63) is 42.0 Å². The fraction of sp³-hybridized carbons (Fsp3) is 0.778. The Labute approximate surface area is 242 Å². The van der Waals surface area contributed by atoms with E-state index in [1.165, 1.54) is 77.0 Å². The molecule has 1 saturated heterocycles. The fourth-order valence-corrected chi connectivity index (χ4v) is 8.91. The van der Waals surface area contributed by atoms with Gasteiger partial charge in [-0.05, 0) is 149 Å². The first-order valence-electron chi connectivity index (χ1n) is 16.9. The second kappa shape index (κ2) is 14.7. The van der Waals surface area contributed by atoms with Gasteiger partial charge < -0.3 is 9.47 Å². The standard InChI is InChI=1S/C36H54F2O2/c1-3-5-6-25-7-9-28(10-8-25)31-19-21-33(40-24-31)30-17-13-27(14-18-30)26-11-15-29(16-12-26)32-20-22-34(39-23-4-2)36(38)35(32)37/h3,20,22,25-31,33H,1,4-19,21,23-24H2,2H3. The van der Waals surface area contributed by atoms with Crippen molar-refractivity contribution in [1.29, 1.82) is 0 Å². The minimum absolute atomic E-state index is 0.0491. The molecule has 40 heavy (non-hydrogen) atoms. The van der Waals surface area contributed by atoms with Crippen molar-refractivity contribution < 1.29 is 18.3 Å². The minimum Gasteiger partial charge on any atom is -0.490 e. The van der Waals surface area contributed by atoms with E-state index in [-0.39, 0.29) is 11.7 Å². The number of hydrogen-bond donors (Lipinski definition) is 0. The van der Waals surface area contributed by atoms with Gasteiger partial charge in [-0.25, -0.2) is 4.39 Å². The summed E-state index contributed by atoms with van der Waals surface area (Å²) in [4.78, 5) is 0. The van der Waals surface area contributed by atoms with Crippen LogP contribution in [0.25, 0.3) is 0 Å². The normalized spacial score (nSPS) is 35.3. The van der Waals surface area contributed by atoms with Gasteiger partial charge in [0.25, 0.3) is 0 Å². The van der Waals surface area contributed by atoms with Crippen LogP contribution in [-0.4, -0.2) is 19.3 Å². The highest BCUT2D eigenvalue weighted by Crippen LogP contribution is 2.47. The number of benzene rings is 1. The number of rotatable bonds is 10. The van der Waals surface area contributed by atoms with Crippen LogP contribution in [0.2, 0.25) is 0 Å². The van der Waals surface area contributed by atoms with Gasteiger partial charge in [-0.15, -0.1) is 6.58 Å². The number of ether oxygens (including phenoxy) is 2. The summed E-state index contributed by atoms with van der Waals surface area (Å²) in [7, 11) is 0. The van der Waals surface area contributed by atoms with Crippen LogP contribution in [-0.2, 0) is 4.74 Å². The Morgan fingerprint density at radius 3 is 2.00 bits per heavy atom. The lowest BCUT2D eigenvalue weighted by Gasteiger charge is -2.43. The van der Waals surface area contributed by atoms with Crippen molar-refractivity contribution in [2.24, 2.45) is 35.5 Å². The SMILES string of the molecule is C=CCCC1CCC(C2CCC(C3CCC(C4CCC(c5ccc(OCCC)c(F)c5F)CC4)CC3)OC2)CC1. The van der Waals surface area contributed by atoms with E-state index < -0.39 is 11.6 Å². The molecule has 0 bridgehead atoms. The van der Waals surface area contributed by atoms with Crippen LogP contribution < -0.4 is 4.74 Å². The summed E-state index contributed by atoms with van der Waals surface area (Å²) in [5, 5.41) is 0. The largest absolute Gasteiger partial charge is 0.490 e. The first kappa shape index (κ1) is 30.1. The number of allylic oxidation sites excluding steroid dienone is 1. The molecule has 2 unspecified atom stereocenters. The lowest BCUT2D eigenvalue weighted by molar-refractivity contribution is -0.0757. The van der Waals surface area contributed by atoms with E-state index in [0.717, 1.165) is 74.2 Å². The molecule has 2 atom stereocenters. The van der Waals surface area contributed by atoms with Crippen LogP contribution in [0.15, 0.2) is 24.8 Å². The van der Waals surface area contributed by atoms with Gasteiger partial charge >= 0.3 is 0 Å². The van der Waals surface area contributed by atoms with Crippen LogP contribution in [0, 0.1) is 47.1 Å². The molecular weight excluding hydrogens is 502 g/mol. The lowest BCUT2D eigenvalue weighted by Crippen LogP contribution is -2.38. The smallest absolute Gasteiger partial charge is 0.200 e. The molecule has 1 aromatic carbocycles. The second-order valence-corrected chi connectivity index (χ2v) is 13.8. The molecular formula is C36H54F2O2. The zero-order valence-electron chi connectivity index (χ0n) is 25.1. The molecule has 1 heterocycles. The predicted molar refractivity (Wildman–Crippen MR) is 160 cm³/mol. The summed E-state index contributed by atoms with van der Waals surface area (Å²) in [5.41, 5.74) is 0.553. The van der Waals surface area contributed by atoms with Crippen LogP contribution in [0.5, 0.6) is 5.75 Å². The summed E-state index contributed by atoms with van der Waals surface area (Å²) in [6.45, 7) is 7.27. The van der Waals surface area contributed by atoms with Gasteiger partial charge in [0.05, 0.1) is 19.3 Å². The maximum Gasteiger partial charge on any atom is 0.200 e. The Hall–Kier alpha value is -1.42. The Morgan fingerprint density at radius 1 is 0.775 bits per heavy atom. The van der Waals surface area contributed by atoms with Crippen molar-refractivity contribution in [3.8, 4) is 5.75 Å². The summed E-state index contributed by atoms with van der Waals surface area (Å²) in [6, 6.07) is 3.39. The Morgan fingerprint density at radius 2 is 1.38 bits per heavy atom. The zero-order valence-corrected chi connectivity index (χ0v) is 25.1.